The minimum absolute atomic E-state index is 0.123. The van der Waals surface area contributed by atoms with E-state index in [4.69, 9.17) is 9.47 Å². The van der Waals surface area contributed by atoms with Gasteiger partial charge in [0, 0.05) is 50.0 Å². The lowest BCUT2D eigenvalue weighted by Gasteiger charge is -2.26. The van der Waals surface area contributed by atoms with Gasteiger partial charge in [0.2, 0.25) is 5.78 Å². The summed E-state index contributed by atoms with van der Waals surface area (Å²) >= 11 is 0. The zero-order valence-electron chi connectivity index (χ0n) is 17.3. The van der Waals surface area contributed by atoms with E-state index in [9.17, 15) is 18.0 Å². The Hall–Kier alpha value is -2.72. The second-order valence-corrected chi connectivity index (χ2v) is 8.88. The van der Waals surface area contributed by atoms with Crippen LogP contribution in [0.2, 0.25) is 0 Å². The molecule has 0 spiro atoms. The summed E-state index contributed by atoms with van der Waals surface area (Å²) < 4.78 is 39.1. The first kappa shape index (κ1) is 22.0. The van der Waals surface area contributed by atoms with Crippen molar-refractivity contribution < 1.29 is 27.5 Å². The molecule has 0 unspecified atom stereocenters. The molecule has 0 aromatic carbocycles. The average molecular weight is 436 g/mol. The number of rotatable bonds is 8. The van der Waals surface area contributed by atoms with Crippen LogP contribution in [0.3, 0.4) is 0 Å². The van der Waals surface area contributed by atoms with Crippen LogP contribution < -0.4 is 0 Å². The lowest BCUT2D eigenvalue weighted by Crippen LogP contribution is -2.37. The normalized spacial score (nSPS) is 17.2. The number of amidine groups is 1. The van der Waals surface area contributed by atoms with Gasteiger partial charge < -0.3 is 18.9 Å². The highest BCUT2D eigenvalue weighted by molar-refractivity contribution is 7.90. The summed E-state index contributed by atoms with van der Waals surface area (Å²) in [5.41, 5.74) is 2.55. The number of hydrogen-bond donors (Lipinski definition) is 0. The fraction of sp³-hybridized carbons (Fsp3) is 0.450. The molecule has 9 nitrogen and oxygen atoms in total. The van der Waals surface area contributed by atoms with Crippen molar-refractivity contribution in [3.63, 3.8) is 0 Å². The Bertz CT molecular complexity index is 1050. The topological polar surface area (TPSA) is 107 Å². The van der Waals surface area contributed by atoms with E-state index in [2.05, 4.69) is 4.40 Å². The van der Waals surface area contributed by atoms with Gasteiger partial charge >= 0.3 is 5.97 Å². The van der Waals surface area contributed by atoms with Gasteiger partial charge in [-0.2, -0.15) is 0 Å². The smallest absolute Gasteiger partial charge is 0.340 e. The van der Waals surface area contributed by atoms with E-state index in [1.807, 2.05) is 18.4 Å². The molecule has 1 aromatic rings. The standard InChI is InChI=1S/C20H25N3O6S/c1-14-11-17(15(2)23(14)7-4-9-28-3)18(24)13-29-20(25)16-5-6-19-21-30(26,27)10-8-22(19)12-16/h5-6,11-12H,4,7-10,13H2,1-3H3. The third-order valence-electron chi connectivity index (χ3n) is 5.00. The molecular formula is C20H25N3O6S. The summed E-state index contributed by atoms with van der Waals surface area (Å²) in [6.07, 6.45) is 5.20. The zero-order valence-corrected chi connectivity index (χ0v) is 18.1. The van der Waals surface area contributed by atoms with Crippen LogP contribution >= 0.6 is 0 Å². The van der Waals surface area contributed by atoms with Crippen LogP contribution in [0.4, 0.5) is 0 Å². The number of ether oxygens (including phenoxy) is 2. The molecule has 0 amide bonds. The van der Waals surface area contributed by atoms with Gasteiger partial charge in [-0.25, -0.2) is 13.2 Å². The van der Waals surface area contributed by atoms with Crippen molar-refractivity contribution in [1.82, 2.24) is 9.47 Å². The lowest BCUT2D eigenvalue weighted by atomic mass is 10.1. The number of ketones is 1. The lowest BCUT2D eigenvalue weighted by molar-refractivity contribution is -0.137. The number of sulfonamides is 1. The zero-order chi connectivity index (χ0) is 21.9. The molecule has 0 bridgehead atoms. The maximum Gasteiger partial charge on any atom is 0.340 e. The summed E-state index contributed by atoms with van der Waals surface area (Å²) in [6, 6.07) is 1.80. The maximum absolute atomic E-state index is 12.6. The SMILES string of the molecule is COCCCn1c(C)cc(C(=O)COC(=O)C2=CN3CCS(=O)(=O)N=C3C=C2)c1C. The summed E-state index contributed by atoms with van der Waals surface area (Å²) in [7, 11) is -1.81. The summed E-state index contributed by atoms with van der Waals surface area (Å²) in [5.74, 6) is -0.793. The van der Waals surface area contributed by atoms with Crippen molar-refractivity contribution in [1.29, 1.82) is 0 Å². The van der Waals surface area contributed by atoms with Gasteiger partial charge in [-0.1, -0.05) is 0 Å². The Morgan fingerprint density at radius 2 is 2.00 bits per heavy atom. The van der Waals surface area contributed by atoms with E-state index in [0.29, 0.717) is 12.2 Å². The van der Waals surface area contributed by atoms with Crippen molar-refractivity contribution in [3.8, 4) is 0 Å². The molecular weight excluding hydrogens is 410 g/mol. The summed E-state index contributed by atoms with van der Waals surface area (Å²) in [6.45, 7) is 5.00. The Kier molecular flexibility index (Phi) is 6.57. The third kappa shape index (κ3) is 4.88. The van der Waals surface area contributed by atoms with Crippen molar-refractivity contribution in [3.05, 3.63) is 46.9 Å². The van der Waals surface area contributed by atoms with E-state index in [0.717, 1.165) is 24.4 Å². The number of aromatic nitrogens is 1. The molecule has 0 N–H and O–H groups in total. The first-order valence-corrected chi connectivity index (χ1v) is 11.2. The number of methoxy groups -OCH3 is 1. The second kappa shape index (κ2) is 8.97. The average Bonchev–Trinajstić information content (AvgIpc) is 2.99. The third-order valence-corrected chi connectivity index (χ3v) is 6.16. The van der Waals surface area contributed by atoms with Gasteiger partial charge in [-0.05, 0) is 38.5 Å². The molecule has 162 valence electrons. The molecule has 1 aromatic heterocycles. The molecule has 2 aliphatic heterocycles. The maximum atomic E-state index is 12.6. The van der Waals surface area contributed by atoms with Crippen molar-refractivity contribution in [2.75, 3.05) is 32.6 Å². The monoisotopic (exact) mass is 435 g/mol. The molecule has 3 heterocycles. The van der Waals surface area contributed by atoms with Crippen LogP contribution in [0.5, 0.6) is 0 Å². The number of carbonyl (C=O) groups excluding carboxylic acids is 2. The molecule has 0 radical (unpaired) electrons. The molecule has 3 rings (SSSR count). The Balaban J connectivity index is 1.62. The predicted molar refractivity (Wildman–Crippen MR) is 111 cm³/mol. The molecule has 10 heteroatoms. The highest BCUT2D eigenvalue weighted by atomic mass is 32.2. The van der Waals surface area contributed by atoms with Gasteiger partial charge in [0.1, 0.15) is 5.84 Å². The van der Waals surface area contributed by atoms with E-state index >= 15 is 0 Å². The largest absolute Gasteiger partial charge is 0.454 e. The number of esters is 1. The first-order valence-electron chi connectivity index (χ1n) is 9.57. The number of aryl methyl sites for hydroxylation is 1. The molecule has 0 aliphatic carbocycles. The highest BCUT2D eigenvalue weighted by Gasteiger charge is 2.26. The van der Waals surface area contributed by atoms with Gasteiger partial charge in [0.15, 0.2) is 6.61 Å². The van der Waals surface area contributed by atoms with Gasteiger partial charge in [-0.15, -0.1) is 4.40 Å². The highest BCUT2D eigenvalue weighted by Crippen LogP contribution is 2.19. The Morgan fingerprint density at radius 3 is 2.73 bits per heavy atom. The molecule has 0 saturated heterocycles. The van der Waals surface area contributed by atoms with Crippen molar-refractivity contribution >= 4 is 27.6 Å². The number of hydrogen-bond acceptors (Lipinski definition) is 7. The van der Waals surface area contributed by atoms with Gasteiger partial charge in [0.25, 0.3) is 10.0 Å². The minimum Gasteiger partial charge on any atom is -0.454 e. The van der Waals surface area contributed by atoms with Gasteiger partial charge in [-0.3, -0.25) is 4.79 Å². The molecule has 2 aliphatic rings. The van der Waals surface area contributed by atoms with Crippen LogP contribution in [0.1, 0.15) is 28.2 Å². The van der Waals surface area contributed by atoms with Crippen LogP contribution in [0.15, 0.2) is 34.4 Å². The predicted octanol–water partition coefficient (Wildman–Crippen LogP) is 1.36. The summed E-state index contributed by atoms with van der Waals surface area (Å²) in [5, 5.41) is 0. The number of Topliss-reactive ketones (excluding diaryl/α,β-unsaturated/α-hetero) is 1. The number of fused-ring (bicyclic) bond motifs is 1. The van der Waals surface area contributed by atoms with Gasteiger partial charge in [0.05, 0.1) is 11.3 Å². The van der Waals surface area contributed by atoms with E-state index in [1.54, 1.807) is 18.1 Å². The van der Waals surface area contributed by atoms with Crippen LogP contribution in [-0.2, 0) is 30.8 Å². The van der Waals surface area contributed by atoms with Crippen LogP contribution in [-0.4, -0.2) is 68.1 Å². The fourth-order valence-corrected chi connectivity index (χ4v) is 4.38. The minimum atomic E-state index is -3.46. The van der Waals surface area contributed by atoms with Crippen LogP contribution in [0, 0.1) is 13.8 Å². The molecule has 0 atom stereocenters. The Morgan fingerprint density at radius 1 is 1.23 bits per heavy atom. The molecule has 0 fully saturated rings. The quantitative estimate of drug-likeness (QED) is 0.345. The Labute approximate surface area is 175 Å². The molecule has 30 heavy (non-hydrogen) atoms. The van der Waals surface area contributed by atoms with E-state index in [-0.39, 0.29) is 36.1 Å². The van der Waals surface area contributed by atoms with E-state index < -0.39 is 16.0 Å². The second-order valence-electron chi connectivity index (χ2n) is 7.13. The number of nitrogens with zero attached hydrogens (tertiary/aromatic N) is 3. The molecule has 0 saturated carbocycles. The van der Waals surface area contributed by atoms with Crippen molar-refractivity contribution in [2.45, 2.75) is 26.8 Å². The van der Waals surface area contributed by atoms with E-state index in [1.165, 1.54) is 18.4 Å². The first-order chi connectivity index (χ1) is 14.2. The fourth-order valence-electron chi connectivity index (χ4n) is 3.41. The van der Waals surface area contributed by atoms with Crippen LogP contribution in [0.25, 0.3) is 0 Å². The summed E-state index contributed by atoms with van der Waals surface area (Å²) in [4.78, 5) is 26.5. The number of carbonyl (C=O) groups is 2. The van der Waals surface area contributed by atoms with Crippen molar-refractivity contribution in [2.24, 2.45) is 4.40 Å².